The van der Waals surface area contributed by atoms with Gasteiger partial charge in [0.1, 0.15) is 6.04 Å². The van der Waals surface area contributed by atoms with Crippen molar-refractivity contribution in [1.82, 2.24) is 4.90 Å². The van der Waals surface area contributed by atoms with Crippen molar-refractivity contribution in [2.24, 2.45) is 16.6 Å². The second-order valence-corrected chi connectivity index (χ2v) is 8.62. The van der Waals surface area contributed by atoms with Crippen LogP contribution in [-0.4, -0.2) is 36.5 Å². The Kier molecular flexibility index (Phi) is 7.85. The summed E-state index contributed by atoms with van der Waals surface area (Å²) >= 11 is 0. The number of hydrogen-bond acceptors (Lipinski definition) is 3. The number of guanidine groups is 1. The number of nitrogens with zero attached hydrogens (tertiary/aromatic N) is 2. The van der Waals surface area contributed by atoms with Crippen LogP contribution in [0.5, 0.6) is 0 Å². The van der Waals surface area contributed by atoms with Gasteiger partial charge in [0.25, 0.3) is 0 Å². The predicted octanol–water partition coefficient (Wildman–Crippen LogP) is 5.59. The first-order valence-corrected chi connectivity index (χ1v) is 11.3. The topological polar surface area (TPSA) is 74.7 Å². The van der Waals surface area contributed by atoms with Crippen LogP contribution in [0.4, 0.5) is 13.2 Å². The van der Waals surface area contributed by atoms with Crippen LogP contribution in [0.1, 0.15) is 68.6 Å². The monoisotopic (exact) mass is 450 g/mol. The van der Waals surface area contributed by atoms with E-state index in [-0.39, 0.29) is 12.0 Å². The first kappa shape index (κ1) is 24.1. The number of halogens is 3. The number of aliphatic imine (C=N–C) groups is 1. The molecular formula is C24H33F3N4O. The van der Waals surface area contributed by atoms with Gasteiger partial charge in [0.2, 0.25) is 5.90 Å². The average molecular weight is 451 g/mol. The fraction of sp³-hybridized carbons (Fsp3) is 0.583. The second kappa shape index (κ2) is 10.4. The molecule has 0 spiro atoms. The van der Waals surface area contributed by atoms with Crippen molar-refractivity contribution < 1.29 is 17.9 Å². The predicted molar refractivity (Wildman–Crippen MR) is 121 cm³/mol. The van der Waals surface area contributed by atoms with Crippen LogP contribution in [0.2, 0.25) is 0 Å². The maximum Gasteiger partial charge on any atom is 0.416 e. The molecule has 1 atom stereocenters. The lowest BCUT2D eigenvalue weighted by Gasteiger charge is -2.25. The summed E-state index contributed by atoms with van der Waals surface area (Å²) in [6.45, 7) is 2.37. The fourth-order valence-electron chi connectivity index (χ4n) is 4.86. The third-order valence-corrected chi connectivity index (χ3v) is 6.57. The molecule has 1 aromatic rings. The molecule has 2 aliphatic rings. The van der Waals surface area contributed by atoms with Crippen molar-refractivity contribution in [2.45, 2.75) is 70.5 Å². The zero-order chi connectivity index (χ0) is 23.3. The van der Waals surface area contributed by atoms with Crippen LogP contribution in [0.25, 0.3) is 5.70 Å². The van der Waals surface area contributed by atoms with Gasteiger partial charge in [-0.05, 0) is 50.2 Å². The van der Waals surface area contributed by atoms with Gasteiger partial charge in [-0.3, -0.25) is 5.41 Å². The van der Waals surface area contributed by atoms with Gasteiger partial charge in [-0.15, -0.1) is 0 Å². The van der Waals surface area contributed by atoms with Crippen LogP contribution >= 0.6 is 0 Å². The minimum absolute atomic E-state index is 0.0646. The first-order valence-electron chi connectivity index (χ1n) is 11.3. The van der Waals surface area contributed by atoms with Gasteiger partial charge in [0, 0.05) is 12.1 Å². The molecule has 0 amide bonds. The number of methoxy groups -OCH3 is 1. The molecule has 1 saturated heterocycles. The van der Waals surface area contributed by atoms with Crippen molar-refractivity contribution in [3.8, 4) is 0 Å². The Morgan fingerprint density at radius 2 is 1.97 bits per heavy atom. The Labute approximate surface area is 188 Å². The lowest BCUT2D eigenvalue weighted by atomic mass is 9.93. The van der Waals surface area contributed by atoms with Gasteiger partial charge in [0.05, 0.1) is 18.4 Å². The van der Waals surface area contributed by atoms with Gasteiger partial charge in [0.15, 0.2) is 5.96 Å². The van der Waals surface area contributed by atoms with Gasteiger partial charge in [-0.2, -0.15) is 13.2 Å². The Hall–Kier alpha value is -2.51. The van der Waals surface area contributed by atoms with E-state index in [0.717, 1.165) is 32.1 Å². The number of hydrogen-bond donors (Lipinski definition) is 2. The molecule has 1 saturated carbocycles. The molecule has 1 heterocycles. The van der Waals surface area contributed by atoms with Gasteiger partial charge < -0.3 is 15.4 Å². The van der Waals surface area contributed by atoms with E-state index in [2.05, 4.69) is 4.99 Å². The van der Waals surface area contributed by atoms with Gasteiger partial charge in [-0.25, -0.2) is 4.99 Å². The zero-order valence-corrected chi connectivity index (χ0v) is 18.8. The molecule has 0 bridgehead atoms. The van der Waals surface area contributed by atoms with E-state index in [9.17, 15) is 13.2 Å². The summed E-state index contributed by atoms with van der Waals surface area (Å²) in [4.78, 5) is 6.25. The molecule has 0 radical (unpaired) electrons. The Morgan fingerprint density at radius 3 is 2.56 bits per heavy atom. The fourth-order valence-corrected chi connectivity index (χ4v) is 4.86. The number of benzene rings is 1. The largest absolute Gasteiger partial charge is 0.483 e. The number of rotatable bonds is 6. The standard InChI is InChI=1S/C24H33F3N4O/c1-3-20(30-22(32-2)21-9-6-14-31(21)23(28)29)18-13-12-17(19(15-18)24(25,26)27)11-10-16-7-4-5-8-16/h3,12-13,15-16,21H,4-11,14H2,1-2H3,(H3,28,29)/b20-3-,30-22-. The molecular weight excluding hydrogens is 417 g/mol. The van der Waals surface area contributed by atoms with Gasteiger partial charge in [-0.1, -0.05) is 43.9 Å². The molecule has 1 unspecified atom stereocenters. The van der Waals surface area contributed by atoms with Crippen molar-refractivity contribution in [3.05, 3.63) is 41.0 Å². The summed E-state index contributed by atoms with van der Waals surface area (Å²) in [5.74, 6) is 0.821. The molecule has 1 aliphatic heterocycles. The molecule has 3 N–H and O–H groups in total. The first-order chi connectivity index (χ1) is 15.2. The van der Waals surface area contributed by atoms with Crippen LogP contribution in [0.15, 0.2) is 29.3 Å². The second-order valence-electron chi connectivity index (χ2n) is 8.62. The Bertz CT molecular complexity index is 872. The Balaban J connectivity index is 1.88. The maximum atomic E-state index is 13.9. The highest BCUT2D eigenvalue weighted by atomic mass is 19.4. The normalized spacial score (nSPS) is 20.8. The van der Waals surface area contributed by atoms with E-state index in [1.807, 2.05) is 0 Å². The van der Waals surface area contributed by atoms with E-state index in [1.165, 1.54) is 26.0 Å². The van der Waals surface area contributed by atoms with Crippen molar-refractivity contribution in [2.75, 3.05) is 13.7 Å². The summed E-state index contributed by atoms with van der Waals surface area (Å²) in [5.41, 5.74) is 6.23. The molecule has 5 nitrogen and oxygen atoms in total. The number of alkyl halides is 3. The third kappa shape index (κ3) is 5.64. The van der Waals surface area contributed by atoms with Crippen LogP contribution < -0.4 is 5.73 Å². The molecule has 1 aliphatic carbocycles. The van der Waals surface area contributed by atoms with E-state index < -0.39 is 11.7 Å². The molecule has 0 aromatic heterocycles. The van der Waals surface area contributed by atoms with Crippen LogP contribution in [-0.2, 0) is 17.3 Å². The minimum Gasteiger partial charge on any atom is -0.483 e. The number of ether oxygens (including phenoxy) is 1. The summed E-state index contributed by atoms with van der Waals surface area (Å²) < 4.78 is 47.1. The summed E-state index contributed by atoms with van der Waals surface area (Å²) in [6.07, 6.45) is 4.66. The van der Waals surface area contributed by atoms with E-state index in [4.69, 9.17) is 15.9 Å². The highest BCUT2D eigenvalue weighted by molar-refractivity contribution is 5.91. The Morgan fingerprint density at radius 1 is 1.25 bits per heavy atom. The number of likely N-dealkylation sites (tertiary alicyclic amines) is 1. The molecule has 8 heteroatoms. The lowest BCUT2D eigenvalue weighted by molar-refractivity contribution is -0.138. The highest BCUT2D eigenvalue weighted by Crippen LogP contribution is 2.36. The summed E-state index contributed by atoms with van der Waals surface area (Å²) in [5, 5.41) is 7.76. The molecule has 2 fully saturated rings. The zero-order valence-electron chi connectivity index (χ0n) is 18.8. The summed E-state index contributed by atoms with van der Waals surface area (Å²) in [7, 11) is 1.48. The summed E-state index contributed by atoms with van der Waals surface area (Å²) in [6, 6.07) is 4.21. The lowest BCUT2D eigenvalue weighted by Crippen LogP contribution is -2.44. The van der Waals surface area contributed by atoms with Crippen molar-refractivity contribution in [1.29, 1.82) is 5.41 Å². The molecule has 3 rings (SSSR count). The van der Waals surface area contributed by atoms with Crippen LogP contribution in [0.3, 0.4) is 0 Å². The quantitative estimate of drug-likeness (QED) is 0.438. The maximum absolute atomic E-state index is 13.9. The van der Waals surface area contributed by atoms with E-state index >= 15 is 0 Å². The average Bonchev–Trinajstić information content (AvgIpc) is 3.45. The van der Waals surface area contributed by atoms with E-state index in [0.29, 0.717) is 41.6 Å². The number of nitrogens with two attached hydrogens (primary N) is 1. The number of nitrogens with one attached hydrogen (secondary N) is 1. The number of allylic oxidation sites excluding steroid dienone is 1. The highest BCUT2D eigenvalue weighted by Gasteiger charge is 2.34. The SMILES string of the molecule is C/C=C(\N=C(/OC)C1CCCN1C(=N)N)c1ccc(CCC2CCCC2)c(C(F)(F)F)c1. The van der Waals surface area contributed by atoms with Gasteiger partial charge >= 0.3 is 6.18 Å². The number of aryl methyl sites for hydroxylation is 1. The minimum atomic E-state index is -4.43. The van der Waals surface area contributed by atoms with Crippen molar-refractivity contribution in [3.63, 3.8) is 0 Å². The molecule has 32 heavy (non-hydrogen) atoms. The van der Waals surface area contributed by atoms with E-state index in [1.54, 1.807) is 30.0 Å². The molecule has 176 valence electrons. The smallest absolute Gasteiger partial charge is 0.416 e. The van der Waals surface area contributed by atoms with Crippen molar-refractivity contribution >= 4 is 17.6 Å². The third-order valence-electron chi connectivity index (χ3n) is 6.57. The molecule has 1 aromatic carbocycles. The van der Waals surface area contributed by atoms with Crippen LogP contribution in [0, 0.1) is 11.3 Å².